The standard InChI is InChI=1S/C13H18BrF2N/c1-9(17-8-13(3,15)16)7-11-5-4-6-12(14)10(11)2/h4-6,9,17H,7-8H2,1-3H3/t9-/m0/s1. The fourth-order valence-corrected chi connectivity index (χ4v) is 2.04. The van der Waals surface area contributed by atoms with Crippen molar-refractivity contribution in [3.63, 3.8) is 0 Å². The molecule has 1 rings (SSSR count). The minimum absolute atomic E-state index is 0.0359. The first-order chi connectivity index (χ1) is 7.79. The third-order valence-electron chi connectivity index (χ3n) is 2.67. The molecule has 0 spiro atoms. The van der Waals surface area contributed by atoms with Crippen LogP contribution in [0.15, 0.2) is 22.7 Å². The van der Waals surface area contributed by atoms with E-state index in [-0.39, 0.29) is 12.6 Å². The Hall–Kier alpha value is -0.480. The molecule has 0 heterocycles. The van der Waals surface area contributed by atoms with Gasteiger partial charge in [-0.25, -0.2) is 8.78 Å². The number of nitrogens with one attached hydrogen (secondary N) is 1. The average Bonchev–Trinajstić information content (AvgIpc) is 2.21. The normalized spacial score (nSPS) is 13.8. The maximum absolute atomic E-state index is 12.7. The van der Waals surface area contributed by atoms with Gasteiger partial charge in [0.25, 0.3) is 5.92 Å². The van der Waals surface area contributed by atoms with Crippen molar-refractivity contribution in [1.29, 1.82) is 0 Å². The summed E-state index contributed by atoms with van der Waals surface area (Å²) in [5.74, 6) is -2.65. The van der Waals surface area contributed by atoms with Gasteiger partial charge < -0.3 is 5.32 Å². The van der Waals surface area contributed by atoms with Gasteiger partial charge in [0.1, 0.15) is 0 Å². The van der Waals surface area contributed by atoms with E-state index in [0.29, 0.717) is 0 Å². The molecule has 96 valence electrons. The molecule has 0 aromatic heterocycles. The number of hydrogen-bond donors (Lipinski definition) is 1. The van der Waals surface area contributed by atoms with E-state index >= 15 is 0 Å². The van der Waals surface area contributed by atoms with Gasteiger partial charge in [-0.1, -0.05) is 28.1 Å². The highest BCUT2D eigenvalue weighted by molar-refractivity contribution is 9.10. The molecule has 4 heteroatoms. The Bertz CT molecular complexity index is 374. The van der Waals surface area contributed by atoms with Gasteiger partial charge in [-0.15, -0.1) is 0 Å². The zero-order valence-electron chi connectivity index (χ0n) is 10.4. The molecule has 0 aliphatic carbocycles. The smallest absolute Gasteiger partial charge is 0.257 e. The third kappa shape index (κ3) is 5.13. The molecule has 0 saturated carbocycles. The van der Waals surface area contributed by atoms with Gasteiger partial charge in [-0.05, 0) is 37.5 Å². The topological polar surface area (TPSA) is 12.0 Å². The van der Waals surface area contributed by atoms with Gasteiger partial charge in [-0.2, -0.15) is 0 Å². The van der Waals surface area contributed by atoms with Crippen LogP contribution in [0.2, 0.25) is 0 Å². The zero-order chi connectivity index (χ0) is 13.1. The van der Waals surface area contributed by atoms with E-state index in [1.54, 1.807) is 0 Å². The molecule has 1 atom stereocenters. The van der Waals surface area contributed by atoms with Gasteiger partial charge >= 0.3 is 0 Å². The van der Waals surface area contributed by atoms with Gasteiger partial charge in [0.2, 0.25) is 0 Å². The summed E-state index contributed by atoms with van der Waals surface area (Å²) in [5, 5.41) is 2.85. The molecule has 17 heavy (non-hydrogen) atoms. The Labute approximate surface area is 110 Å². The first-order valence-corrected chi connectivity index (χ1v) is 6.44. The van der Waals surface area contributed by atoms with Crippen LogP contribution < -0.4 is 5.32 Å². The highest BCUT2D eigenvalue weighted by atomic mass is 79.9. The SMILES string of the molecule is Cc1c(Br)cccc1C[C@H](C)NCC(C)(F)F. The molecule has 0 amide bonds. The van der Waals surface area contributed by atoms with Crippen LogP contribution in [0.1, 0.15) is 25.0 Å². The summed E-state index contributed by atoms with van der Waals surface area (Å²) in [7, 11) is 0. The van der Waals surface area contributed by atoms with E-state index < -0.39 is 5.92 Å². The van der Waals surface area contributed by atoms with Gasteiger partial charge in [0.15, 0.2) is 0 Å². The molecule has 1 aromatic rings. The molecule has 0 aliphatic heterocycles. The van der Waals surface area contributed by atoms with E-state index in [4.69, 9.17) is 0 Å². The van der Waals surface area contributed by atoms with Crippen molar-refractivity contribution in [3.8, 4) is 0 Å². The summed E-state index contributed by atoms with van der Waals surface area (Å²) < 4.78 is 26.4. The van der Waals surface area contributed by atoms with E-state index in [9.17, 15) is 8.78 Å². The highest BCUT2D eigenvalue weighted by Gasteiger charge is 2.21. The van der Waals surface area contributed by atoms with Crippen molar-refractivity contribution in [1.82, 2.24) is 5.32 Å². The monoisotopic (exact) mass is 305 g/mol. The van der Waals surface area contributed by atoms with Crippen LogP contribution >= 0.6 is 15.9 Å². The second kappa shape index (κ2) is 5.91. The number of halogens is 3. The van der Waals surface area contributed by atoms with Crippen LogP contribution in [0.5, 0.6) is 0 Å². The lowest BCUT2D eigenvalue weighted by Crippen LogP contribution is -2.37. The minimum atomic E-state index is -2.65. The third-order valence-corrected chi connectivity index (χ3v) is 3.53. The van der Waals surface area contributed by atoms with Crippen molar-refractivity contribution in [2.75, 3.05) is 6.54 Å². The molecule has 0 fully saturated rings. The zero-order valence-corrected chi connectivity index (χ0v) is 11.9. The quantitative estimate of drug-likeness (QED) is 0.869. The van der Waals surface area contributed by atoms with E-state index in [0.717, 1.165) is 17.8 Å². The largest absolute Gasteiger partial charge is 0.308 e. The van der Waals surface area contributed by atoms with Crippen LogP contribution in [-0.4, -0.2) is 18.5 Å². The van der Waals surface area contributed by atoms with Crippen molar-refractivity contribution in [2.45, 2.75) is 39.2 Å². The van der Waals surface area contributed by atoms with Crippen molar-refractivity contribution in [2.24, 2.45) is 0 Å². The Morgan fingerprint density at radius 1 is 1.41 bits per heavy atom. The summed E-state index contributed by atoms with van der Waals surface area (Å²) in [6, 6.07) is 6.02. The number of rotatable bonds is 5. The first-order valence-electron chi connectivity index (χ1n) is 5.65. The van der Waals surface area contributed by atoms with Crippen LogP contribution in [0, 0.1) is 6.92 Å². The van der Waals surface area contributed by atoms with Crippen molar-refractivity contribution >= 4 is 15.9 Å². The van der Waals surface area contributed by atoms with E-state index in [1.165, 1.54) is 11.1 Å². The summed E-state index contributed by atoms with van der Waals surface area (Å²) in [4.78, 5) is 0. The minimum Gasteiger partial charge on any atom is -0.308 e. The predicted octanol–water partition coefficient (Wildman–Crippen LogP) is 3.93. The first kappa shape index (κ1) is 14.6. The van der Waals surface area contributed by atoms with Gasteiger partial charge in [-0.3, -0.25) is 0 Å². The Kier molecular flexibility index (Phi) is 5.07. The van der Waals surface area contributed by atoms with E-state index in [2.05, 4.69) is 21.2 Å². The molecule has 0 aliphatic rings. The molecular formula is C13H18BrF2N. The van der Waals surface area contributed by atoms with E-state index in [1.807, 2.05) is 32.0 Å². The number of hydrogen-bond acceptors (Lipinski definition) is 1. The van der Waals surface area contributed by atoms with Crippen LogP contribution in [0.3, 0.4) is 0 Å². The van der Waals surface area contributed by atoms with Crippen LogP contribution in [0.25, 0.3) is 0 Å². The molecule has 0 bridgehead atoms. The maximum Gasteiger partial charge on any atom is 0.257 e. The Morgan fingerprint density at radius 3 is 2.65 bits per heavy atom. The lowest BCUT2D eigenvalue weighted by atomic mass is 10.0. The highest BCUT2D eigenvalue weighted by Crippen LogP contribution is 2.20. The van der Waals surface area contributed by atoms with Crippen LogP contribution in [0.4, 0.5) is 8.78 Å². The van der Waals surface area contributed by atoms with Crippen molar-refractivity contribution in [3.05, 3.63) is 33.8 Å². The maximum atomic E-state index is 12.7. The van der Waals surface area contributed by atoms with Gasteiger partial charge in [0.05, 0.1) is 6.54 Å². The molecule has 1 nitrogen and oxygen atoms in total. The number of benzene rings is 1. The molecule has 0 unspecified atom stereocenters. The van der Waals surface area contributed by atoms with Gasteiger partial charge in [0, 0.05) is 17.4 Å². The molecule has 0 radical (unpaired) electrons. The summed E-state index contributed by atoms with van der Waals surface area (Å²) >= 11 is 3.47. The molecule has 1 aromatic carbocycles. The summed E-state index contributed by atoms with van der Waals surface area (Å²) in [6.45, 7) is 4.60. The molecule has 1 N–H and O–H groups in total. The summed E-state index contributed by atoms with van der Waals surface area (Å²) in [5.41, 5.74) is 2.35. The second-order valence-electron chi connectivity index (χ2n) is 4.58. The lowest BCUT2D eigenvalue weighted by molar-refractivity contribution is 0.0204. The molecule has 0 saturated heterocycles. The Morgan fingerprint density at radius 2 is 2.06 bits per heavy atom. The fraction of sp³-hybridized carbons (Fsp3) is 0.538. The predicted molar refractivity (Wildman–Crippen MR) is 70.7 cm³/mol. The Balaban J connectivity index is 2.56. The second-order valence-corrected chi connectivity index (χ2v) is 5.43. The number of alkyl halides is 2. The summed E-state index contributed by atoms with van der Waals surface area (Å²) in [6.07, 6.45) is 0.751. The fourth-order valence-electron chi connectivity index (χ4n) is 1.63. The van der Waals surface area contributed by atoms with Crippen molar-refractivity contribution < 1.29 is 8.78 Å². The molecular weight excluding hydrogens is 288 g/mol. The average molecular weight is 306 g/mol. The lowest BCUT2D eigenvalue weighted by Gasteiger charge is -2.18. The van der Waals surface area contributed by atoms with Crippen LogP contribution in [-0.2, 0) is 6.42 Å².